The van der Waals surface area contributed by atoms with E-state index in [0.717, 1.165) is 12.1 Å². The summed E-state index contributed by atoms with van der Waals surface area (Å²) in [5, 5.41) is 23.5. The second-order valence-corrected chi connectivity index (χ2v) is 7.90. The first-order valence-electron chi connectivity index (χ1n) is 10.6. The lowest BCUT2D eigenvalue weighted by molar-refractivity contribution is -0.138. The van der Waals surface area contributed by atoms with Gasteiger partial charge in [-0.2, -0.15) is 18.4 Å². The maximum absolute atomic E-state index is 13.7. The molecule has 2 rings (SSSR count). The predicted molar refractivity (Wildman–Crippen MR) is 124 cm³/mol. The zero-order valence-corrected chi connectivity index (χ0v) is 18.9. The Bertz CT molecular complexity index is 1070. The van der Waals surface area contributed by atoms with Crippen molar-refractivity contribution in [1.29, 1.82) is 5.26 Å². The Hall–Kier alpha value is -3.87. The molecule has 0 aliphatic rings. The number of aromatic nitrogens is 1. The number of allylic oxidation sites excluding steroid dienone is 1. The Morgan fingerprint density at radius 2 is 2.06 bits per heavy atom. The van der Waals surface area contributed by atoms with Gasteiger partial charge in [-0.05, 0) is 54.2 Å². The highest BCUT2D eigenvalue weighted by molar-refractivity contribution is 5.95. The second kappa shape index (κ2) is 12.4. The van der Waals surface area contributed by atoms with Gasteiger partial charge >= 0.3 is 12.1 Å². The number of rotatable bonds is 9. The summed E-state index contributed by atoms with van der Waals surface area (Å²) in [5.74, 6) is -0.691. The third kappa shape index (κ3) is 8.58. The average molecular weight is 473 g/mol. The van der Waals surface area contributed by atoms with Crippen molar-refractivity contribution in [3.63, 3.8) is 0 Å². The summed E-state index contributed by atoms with van der Waals surface area (Å²) in [7, 11) is 0. The molecule has 2 aromatic rings. The number of carboxylic acids is 1. The molecule has 0 bridgehead atoms. The van der Waals surface area contributed by atoms with Gasteiger partial charge in [0.1, 0.15) is 0 Å². The van der Waals surface area contributed by atoms with Crippen molar-refractivity contribution in [1.82, 2.24) is 10.3 Å². The van der Waals surface area contributed by atoms with E-state index in [4.69, 9.17) is 10.4 Å². The van der Waals surface area contributed by atoms with E-state index >= 15 is 0 Å². The molecule has 0 saturated carbocycles. The quantitative estimate of drug-likeness (QED) is 0.198. The number of aliphatic carboxylic acids is 1. The number of benzene rings is 1. The van der Waals surface area contributed by atoms with E-state index in [2.05, 4.69) is 20.6 Å². The molecule has 0 spiro atoms. The fourth-order valence-electron chi connectivity index (χ4n) is 3.04. The van der Waals surface area contributed by atoms with Crippen LogP contribution in [0.3, 0.4) is 0 Å². The number of guanidine groups is 1. The SMILES string of the molecule is CC(C)CN/C(=N/C#N)Nc1cc(/C(=C\CCCC(=O)O)c2cccnc2)cc(C(F)(F)F)c1. The molecule has 1 aromatic heterocycles. The molecule has 34 heavy (non-hydrogen) atoms. The van der Waals surface area contributed by atoms with Gasteiger partial charge in [-0.3, -0.25) is 9.78 Å². The van der Waals surface area contributed by atoms with Crippen LogP contribution >= 0.6 is 0 Å². The molecule has 1 aromatic carbocycles. The summed E-state index contributed by atoms with van der Waals surface area (Å²) in [5.41, 5.74) is 0.553. The fraction of sp³-hybridized carbons (Fsp3) is 0.333. The molecule has 3 N–H and O–H groups in total. The molecule has 10 heteroatoms. The van der Waals surface area contributed by atoms with Crippen LogP contribution in [0.15, 0.2) is 53.8 Å². The molecule has 7 nitrogen and oxygen atoms in total. The normalized spacial score (nSPS) is 12.4. The zero-order valence-electron chi connectivity index (χ0n) is 18.9. The Balaban J connectivity index is 2.53. The highest BCUT2D eigenvalue weighted by Crippen LogP contribution is 2.35. The number of halogens is 3. The zero-order chi connectivity index (χ0) is 25.1. The number of anilines is 1. The van der Waals surface area contributed by atoms with Crippen molar-refractivity contribution < 1.29 is 23.1 Å². The minimum absolute atomic E-state index is 0.0369. The van der Waals surface area contributed by atoms with Crippen molar-refractivity contribution in [2.75, 3.05) is 11.9 Å². The van der Waals surface area contributed by atoms with Gasteiger partial charge in [0.05, 0.1) is 5.56 Å². The van der Waals surface area contributed by atoms with Gasteiger partial charge in [0.2, 0.25) is 12.2 Å². The van der Waals surface area contributed by atoms with E-state index in [1.807, 2.05) is 13.8 Å². The number of aliphatic imine (C=N–C) groups is 1. The van der Waals surface area contributed by atoms with Gasteiger partial charge in [0.15, 0.2) is 0 Å². The molecular formula is C24H26F3N5O2. The molecule has 0 saturated heterocycles. The van der Waals surface area contributed by atoms with Crippen LogP contribution in [0.1, 0.15) is 49.8 Å². The van der Waals surface area contributed by atoms with Crippen LogP contribution in [0.4, 0.5) is 18.9 Å². The smallest absolute Gasteiger partial charge is 0.416 e. The topological polar surface area (TPSA) is 110 Å². The van der Waals surface area contributed by atoms with Gasteiger partial charge < -0.3 is 15.7 Å². The molecule has 180 valence electrons. The van der Waals surface area contributed by atoms with Crippen LogP contribution in [-0.2, 0) is 11.0 Å². The van der Waals surface area contributed by atoms with Crippen LogP contribution in [-0.4, -0.2) is 28.6 Å². The minimum Gasteiger partial charge on any atom is -0.481 e. The van der Waals surface area contributed by atoms with Crippen LogP contribution in [0, 0.1) is 17.4 Å². The summed E-state index contributed by atoms with van der Waals surface area (Å²) in [4.78, 5) is 18.5. The maximum Gasteiger partial charge on any atom is 0.416 e. The lowest BCUT2D eigenvalue weighted by Gasteiger charge is -2.17. The molecule has 1 heterocycles. The first-order valence-corrected chi connectivity index (χ1v) is 10.6. The molecule has 0 amide bonds. The summed E-state index contributed by atoms with van der Waals surface area (Å²) < 4.78 is 41.2. The van der Waals surface area contributed by atoms with Gasteiger partial charge in [-0.15, -0.1) is 4.99 Å². The Morgan fingerprint density at radius 3 is 2.65 bits per heavy atom. The first-order chi connectivity index (χ1) is 16.1. The highest BCUT2D eigenvalue weighted by Gasteiger charge is 2.31. The van der Waals surface area contributed by atoms with E-state index < -0.39 is 17.7 Å². The standard InChI is InChI=1S/C24H26F3N5O2/c1-16(2)13-30-23(31-15-28)32-20-11-18(10-19(12-20)24(25,26)27)21(7-3-4-8-22(33)34)17-6-5-9-29-14-17/h5-7,9-12,14,16H,3-4,8,13H2,1-2H3,(H,33,34)(H2,30,31,32)/b21-7-. The minimum atomic E-state index is -4.62. The van der Waals surface area contributed by atoms with E-state index in [1.165, 1.54) is 12.3 Å². The van der Waals surface area contributed by atoms with Gasteiger partial charge in [-0.25, -0.2) is 0 Å². The second-order valence-electron chi connectivity index (χ2n) is 7.90. The van der Waals surface area contributed by atoms with Gasteiger partial charge in [0, 0.05) is 36.6 Å². The molecule has 0 fully saturated rings. The van der Waals surface area contributed by atoms with E-state index in [0.29, 0.717) is 30.5 Å². The number of alkyl halides is 3. The van der Waals surface area contributed by atoms with Gasteiger partial charge in [0.25, 0.3) is 0 Å². The Kier molecular flexibility index (Phi) is 9.62. The summed E-state index contributed by atoms with van der Waals surface area (Å²) in [6.45, 7) is 4.34. The van der Waals surface area contributed by atoms with E-state index in [9.17, 15) is 18.0 Å². The maximum atomic E-state index is 13.7. The van der Waals surface area contributed by atoms with Crippen LogP contribution in [0.5, 0.6) is 0 Å². The number of hydrogen-bond acceptors (Lipinski definition) is 4. The van der Waals surface area contributed by atoms with E-state index in [1.54, 1.807) is 30.6 Å². The Morgan fingerprint density at radius 1 is 1.29 bits per heavy atom. The number of hydrogen-bond donors (Lipinski definition) is 3. The van der Waals surface area contributed by atoms with Gasteiger partial charge in [-0.1, -0.05) is 26.0 Å². The summed E-state index contributed by atoms with van der Waals surface area (Å²) in [6.07, 6.45) is 2.44. The highest BCUT2D eigenvalue weighted by atomic mass is 19.4. The lowest BCUT2D eigenvalue weighted by Crippen LogP contribution is -2.33. The van der Waals surface area contributed by atoms with E-state index in [-0.39, 0.29) is 29.5 Å². The average Bonchev–Trinajstić information content (AvgIpc) is 2.77. The molecular weight excluding hydrogens is 447 g/mol. The van der Waals surface area contributed by atoms with Crippen molar-refractivity contribution in [3.05, 3.63) is 65.5 Å². The van der Waals surface area contributed by atoms with Crippen LogP contribution in [0.25, 0.3) is 5.57 Å². The molecule has 0 atom stereocenters. The number of nitriles is 1. The number of unbranched alkanes of at least 4 members (excludes halogenated alkanes) is 1. The molecule has 0 aliphatic heterocycles. The summed E-state index contributed by atoms with van der Waals surface area (Å²) in [6, 6.07) is 6.88. The first kappa shape index (κ1) is 26.4. The molecule has 0 aliphatic carbocycles. The number of carboxylic acid groups (broad SMARTS) is 1. The fourth-order valence-corrected chi connectivity index (χ4v) is 3.04. The largest absolute Gasteiger partial charge is 0.481 e. The number of nitrogens with one attached hydrogen (secondary N) is 2. The van der Waals surface area contributed by atoms with Crippen molar-refractivity contribution in [3.8, 4) is 6.19 Å². The third-order valence-corrected chi connectivity index (χ3v) is 4.59. The number of nitrogens with zero attached hydrogens (tertiary/aromatic N) is 3. The van der Waals surface area contributed by atoms with Crippen molar-refractivity contribution in [2.24, 2.45) is 10.9 Å². The number of pyridine rings is 1. The predicted octanol–water partition coefficient (Wildman–Crippen LogP) is 5.28. The third-order valence-electron chi connectivity index (χ3n) is 4.59. The number of carbonyl (C=O) groups is 1. The Labute approximate surface area is 196 Å². The molecule has 0 radical (unpaired) electrons. The monoisotopic (exact) mass is 473 g/mol. The van der Waals surface area contributed by atoms with Crippen molar-refractivity contribution >= 4 is 23.2 Å². The van der Waals surface area contributed by atoms with Crippen molar-refractivity contribution in [2.45, 2.75) is 39.3 Å². The lowest BCUT2D eigenvalue weighted by atomic mass is 9.95. The van der Waals surface area contributed by atoms with Crippen LogP contribution in [0.2, 0.25) is 0 Å². The molecule has 0 unspecified atom stereocenters. The van der Waals surface area contributed by atoms with Crippen LogP contribution < -0.4 is 10.6 Å². The summed E-state index contributed by atoms with van der Waals surface area (Å²) >= 11 is 0.